The average Bonchev–Trinajstić information content (AvgIpc) is 3.35. The zero-order valence-electron chi connectivity index (χ0n) is 18.7. The van der Waals surface area contributed by atoms with Crippen molar-refractivity contribution in [1.29, 1.82) is 0 Å². The molecule has 8 nitrogen and oxygen atoms in total. The third kappa shape index (κ3) is 5.03. The van der Waals surface area contributed by atoms with E-state index in [0.717, 1.165) is 6.42 Å². The van der Waals surface area contributed by atoms with Gasteiger partial charge in [0.1, 0.15) is 23.7 Å². The quantitative estimate of drug-likeness (QED) is 0.437. The third-order valence-electron chi connectivity index (χ3n) is 6.50. The molecule has 0 bridgehead atoms. The largest absolute Gasteiger partial charge is 0.462 e. The fraction of sp³-hybridized carbons (Fsp3) is 0.739. The molecule has 3 fully saturated rings. The van der Waals surface area contributed by atoms with Gasteiger partial charge in [0.25, 0.3) is 0 Å². The van der Waals surface area contributed by atoms with Crippen molar-refractivity contribution in [2.24, 2.45) is 11.3 Å². The molecular formula is C23H34O8. The Kier molecular flexibility index (Phi) is 7.25. The first-order chi connectivity index (χ1) is 14.6. The summed E-state index contributed by atoms with van der Waals surface area (Å²) in [7, 11) is 0. The van der Waals surface area contributed by atoms with Crippen LogP contribution in [0, 0.1) is 11.3 Å². The van der Waals surface area contributed by atoms with E-state index in [1.807, 2.05) is 31.2 Å². The predicted octanol–water partition coefficient (Wildman–Crippen LogP) is 2.03. The predicted molar refractivity (Wildman–Crippen MR) is 111 cm³/mol. The summed E-state index contributed by atoms with van der Waals surface area (Å²) in [5.41, 5.74) is -1.04. The highest BCUT2D eigenvalue weighted by Crippen LogP contribution is 2.51. The van der Waals surface area contributed by atoms with E-state index < -0.39 is 41.3 Å². The number of carbonyl (C=O) groups is 2. The van der Waals surface area contributed by atoms with Crippen LogP contribution >= 0.6 is 0 Å². The molecule has 0 saturated carbocycles. The molecule has 0 aromatic heterocycles. The molecule has 0 amide bonds. The normalized spacial score (nSPS) is 38.0. The van der Waals surface area contributed by atoms with Crippen LogP contribution in [0.1, 0.15) is 53.4 Å². The van der Waals surface area contributed by atoms with Crippen LogP contribution in [0.15, 0.2) is 24.3 Å². The standard InChI is InChI=1S/C23H34O8/c1-14(28-20(26)15(2)16(3)25)8-6-5-7-9-17-10-11-23(30-17)12-18-19(31-23)22(4,13-24)21(27)29-18/h5-7,9,14-19,24-25H,8,10-13H2,1-4H3/b6-5-,9-7+/t14-,15-,16+,17+,18+,19-,22+,23-/m1/s1. The number of allylic oxidation sites excluding steroid dienone is 2. The van der Waals surface area contributed by atoms with Crippen LogP contribution in [0.4, 0.5) is 0 Å². The topological polar surface area (TPSA) is 112 Å². The molecule has 1 spiro atoms. The molecule has 0 aliphatic carbocycles. The lowest BCUT2D eigenvalue weighted by molar-refractivity contribution is -0.226. The van der Waals surface area contributed by atoms with Crippen molar-refractivity contribution >= 4 is 11.9 Å². The first-order valence-electron chi connectivity index (χ1n) is 11.0. The van der Waals surface area contributed by atoms with E-state index in [4.69, 9.17) is 18.9 Å². The van der Waals surface area contributed by atoms with Crippen LogP contribution in [-0.4, -0.2) is 65.1 Å². The third-order valence-corrected chi connectivity index (χ3v) is 6.50. The molecule has 174 valence electrons. The van der Waals surface area contributed by atoms with Gasteiger partial charge in [-0.2, -0.15) is 0 Å². The summed E-state index contributed by atoms with van der Waals surface area (Å²) in [5.74, 6) is -2.14. The zero-order valence-corrected chi connectivity index (χ0v) is 18.7. The van der Waals surface area contributed by atoms with Gasteiger partial charge in [0.2, 0.25) is 0 Å². The Morgan fingerprint density at radius 1 is 1.29 bits per heavy atom. The van der Waals surface area contributed by atoms with E-state index in [9.17, 15) is 19.8 Å². The molecule has 8 heteroatoms. The fourth-order valence-corrected chi connectivity index (χ4v) is 4.17. The molecule has 0 aromatic rings. The first-order valence-corrected chi connectivity index (χ1v) is 11.0. The van der Waals surface area contributed by atoms with Crippen molar-refractivity contribution in [2.75, 3.05) is 6.61 Å². The summed E-state index contributed by atoms with van der Waals surface area (Å²) in [6.45, 7) is 6.37. The van der Waals surface area contributed by atoms with Gasteiger partial charge in [0, 0.05) is 19.3 Å². The monoisotopic (exact) mass is 438 g/mol. The molecule has 0 radical (unpaired) electrons. The van der Waals surface area contributed by atoms with Gasteiger partial charge in [-0.1, -0.05) is 24.3 Å². The van der Waals surface area contributed by atoms with Crippen molar-refractivity contribution in [1.82, 2.24) is 0 Å². The molecule has 8 atom stereocenters. The Balaban J connectivity index is 1.44. The number of hydrogen-bond acceptors (Lipinski definition) is 8. The lowest BCUT2D eigenvalue weighted by atomic mass is 9.85. The zero-order chi connectivity index (χ0) is 22.8. The Morgan fingerprint density at radius 2 is 2.03 bits per heavy atom. The van der Waals surface area contributed by atoms with Crippen LogP contribution in [0.3, 0.4) is 0 Å². The molecule has 3 saturated heterocycles. The number of fused-ring (bicyclic) bond motifs is 1. The van der Waals surface area contributed by atoms with E-state index in [1.165, 1.54) is 0 Å². The van der Waals surface area contributed by atoms with Crippen molar-refractivity contribution in [3.05, 3.63) is 24.3 Å². The lowest BCUT2D eigenvalue weighted by Gasteiger charge is -2.29. The summed E-state index contributed by atoms with van der Waals surface area (Å²) in [6.07, 6.45) is 8.17. The lowest BCUT2D eigenvalue weighted by Crippen LogP contribution is -2.41. The van der Waals surface area contributed by atoms with E-state index in [0.29, 0.717) is 19.3 Å². The highest BCUT2D eigenvalue weighted by molar-refractivity contribution is 5.80. The van der Waals surface area contributed by atoms with Crippen LogP contribution in [0.5, 0.6) is 0 Å². The number of esters is 2. The maximum atomic E-state index is 12.0. The minimum absolute atomic E-state index is 0.110. The van der Waals surface area contributed by atoms with Gasteiger partial charge in [-0.05, 0) is 34.1 Å². The summed E-state index contributed by atoms with van der Waals surface area (Å²) < 4.78 is 23.0. The van der Waals surface area contributed by atoms with Crippen molar-refractivity contribution in [2.45, 2.75) is 89.7 Å². The summed E-state index contributed by atoms with van der Waals surface area (Å²) in [6, 6.07) is 0. The van der Waals surface area contributed by atoms with Crippen molar-refractivity contribution in [3.63, 3.8) is 0 Å². The minimum Gasteiger partial charge on any atom is -0.462 e. The van der Waals surface area contributed by atoms with Crippen LogP contribution in [0.2, 0.25) is 0 Å². The number of rotatable bonds is 8. The van der Waals surface area contributed by atoms with Crippen LogP contribution in [-0.2, 0) is 28.5 Å². The highest BCUT2D eigenvalue weighted by Gasteiger charge is 2.64. The second kappa shape index (κ2) is 9.40. The fourth-order valence-electron chi connectivity index (χ4n) is 4.17. The van der Waals surface area contributed by atoms with E-state index in [1.54, 1.807) is 20.8 Å². The smallest absolute Gasteiger partial charge is 0.317 e. The maximum Gasteiger partial charge on any atom is 0.317 e. The number of carbonyl (C=O) groups excluding carboxylic acids is 2. The first kappa shape index (κ1) is 23.9. The second-order valence-corrected chi connectivity index (χ2v) is 9.19. The van der Waals surface area contributed by atoms with Crippen molar-refractivity contribution < 1.29 is 38.7 Å². The van der Waals surface area contributed by atoms with E-state index >= 15 is 0 Å². The Morgan fingerprint density at radius 3 is 2.71 bits per heavy atom. The SMILES string of the molecule is C[C@H](C/C=C\C=C\[C@H]1CC[C@@]2(C[C@@H]3OC(=O)[C@@](C)(CO)[C@@H]3O2)O1)OC(=O)[C@H](C)[C@H](C)O. The molecule has 31 heavy (non-hydrogen) atoms. The van der Waals surface area contributed by atoms with Gasteiger partial charge in [0.15, 0.2) is 5.79 Å². The highest BCUT2D eigenvalue weighted by atomic mass is 16.7. The molecule has 3 heterocycles. The Hall–Kier alpha value is -1.74. The average molecular weight is 439 g/mol. The summed E-state index contributed by atoms with van der Waals surface area (Å²) >= 11 is 0. The van der Waals surface area contributed by atoms with Gasteiger partial charge in [-0.25, -0.2) is 0 Å². The minimum atomic E-state index is -1.04. The van der Waals surface area contributed by atoms with Gasteiger partial charge in [-0.15, -0.1) is 0 Å². The summed E-state index contributed by atoms with van der Waals surface area (Å²) in [5, 5.41) is 19.1. The number of aliphatic hydroxyl groups excluding tert-OH is 2. The van der Waals surface area contributed by atoms with Crippen LogP contribution in [0.25, 0.3) is 0 Å². The number of ether oxygens (including phenoxy) is 4. The van der Waals surface area contributed by atoms with Gasteiger partial charge in [0.05, 0.1) is 24.7 Å². The molecule has 3 rings (SSSR count). The van der Waals surface area contributed by atoms with Crippen molar-refractivity contribution in [3.8, 4) is 0 Å². The molecule has 0 aromatic carbocycles. The molecule has 3 aliphatic rings. The Labute approximate surface area is 183 Å². The van der Waals surface area contributed by atoms with Gasteiger partial charge < -0.3 is 29.2 Å². The van der Waals surface area contributed by atoms with Gasteiger partial charge in [-0.3, -0.25) is 9.59 Å². The Bertz CT molecular complexity index is 731. The van der Waals surface area contributed by atoms with E-state index in [-0.39, 0.29) is 24.9 Å². The molecular weight excluding hydrogens is 404 g/mol. The molecule has 0 unspecified atom stereocenters. The molecule has 2 N–H and O–H groups in total. The number of hydrogen-bond donors (Lipinski definition) is 2. The van der Waals surface area contributed by atoms with E-state index in [2.05, 4.69) is 0 Å². The summed E-state index contributed by atoms with van der Waals surface area (Å²) in [4.78, 5) is 23.9. The maximum absolute atomic E-state index is 12.0. The van der Waals surface area contributed by atoms with Gasteiger partial charge >= 0.3 is 11.9 Å². The second-order valence-electron chi connectivity index (χ2n) is 9.19. The van der Waals surface area contributed by atoms with Crippen LogP contribution < -0.4 is 0 Å². The molecule has 3 aliphatic heterocycles. The number of aliphatic hydroxyl groups is 2.